The molecule has 0 spiro atoms. The summed E-state index contributed by atoms with van der Waals surface area (Å²) in [6.45, 7) is 0.341. The first-order valence-electron chi connectivity index (χ1n) is 7.75. The third kappa shape index (κ3) is 4.18. The summed E-state index contributed by atoms with van der Waals surface area (Å²) in [6, 6.07) is 9.99. The zero-order valence-corrected chi connectivity index (χ0v) is 15.7. The van der Waals surface area contributed by atoms with Crippen LogP contribution >= 0.6 is 34.8 Å². The second kappa shape index (κ2) is 8.08. The Kier molecular flexibility index (Phi) is 5.81. The summed E-state index contributed by atoms with van der Waals surface area (Å²) in [7, 11) is 0. The Morgan fingerprint density at radius 1 is 1.12 bits per heavy atom. The molecule has 0 aliphatic heterocycles. The van der Waals surface area contributed by atoms with Gasteiger partial charge in [-0.2, -0.15) is 0 Å². The predicted molar refractivity (Wildman–Crippen MR) is 102 cm³/mol. The van der Waals surface area contributed by atoms with E-state index in [2.05, 4.69) is 4.98 Å². The van der Waals surface area contributed by atoms with Gasteiger partial charge in [0.25, 0.3) is 5.56 Å². The average molecular weight is 412 g/mol. The second-order valence-corrected chi connectivity index (χ2v) is 6.79. The van der Waals surface area contributed by atoms with E-state index in [0.29, 0.717) is 28.9 Å². The van der Waals surface area contributed by atoms with Crippen LogP contribution in [0.5, 0.6) is 5.75 Å². The third-order valence-electron chi connectivity index (χ3n) is 3.69. The summed E-state index contributed by atoms with van der Waals surface area (Å²) >= 11 is 17.8. The minimum absolute atomic E-state index is 0.0762. The average Bonchev–Trinajstić information content (AvgIpc) is 2.60. The van der Waals surface area contributed by atoms with Crippen LogP contribution in [0.1, 0.15) is 12.8 Å². The zero-order valence-electron chi connectivity index (χ0n) is 13.4. The van der Waals surface area contributed by atoms with Gasteiger partial charge in [0, 0.05) is 18.0 Å². The first kappa shape index (κ1) is 18.7. The molecule has 0 radical (unpaired) electrons. The minimum atomic E-state index is -0.502. The maximum atomic E-state index is 12.4. The van der Waals surface area contributed by atoms with E-state index >= 15 is 0 Å². The smallest absolute Gasteiger partial charge is 0.311 e. The molecule has 1 aromatic heterocycles. The van der Waals surface area contributed by atoms with Crippen molar-refractivity contribution in [2.45, 2.75) is 19.4 Å². The van der Waals surface area contributed by atoms with Gasteiger partial charge in [0.1, 0.15) is 0 Å². The number of ether oxygens (including phenoxy) is 1. The number of carbonyl (C=O) groups excluding carboxylic acids is 1. The number of rotatable bonds is 5. The Morgan fingerprint density at radius 2 is 1.81 bits per heavy atom. The third-order valence-corrected chi connectivity index (χ3v) is 4.47. The maximum Gasteiger partial charge on any atom is 0.311 e. The largest absolute Gasteiger partial charge is 0.423 e. The van der Waals surface area contributed by atoms with Crippen LogP contribution in [0, 0.1) is 0 Å². The molecule has 0 atom stereocenters. The molecule has 3 aromatic rings. The normalized spacial score (nSPS) is 10.9. The summed E-state index contributed by atoms with van der Waals surface area (Å²) in [5.74, 6) is -0.426. The lowest BCUT2D eigenvalue weighted by atomic mass is 10.2. The van der Waals surface area contributed by atoms with Crippen LogP contribution in [0.25, 0.3) is 10.9 Å². The summed E-state index contributed by atoms with van der Waals surface area (Å²) < 4.78 is 6.67. The van der Waals surface area contributed by atoms with Crippen LogP contribution in [0.4, 0.5) is 0 Å². The number of aromatic nitrogens is 2. The highest BCUT2D eigenvalue weighted by Crippen LogP contribution is 2.36. The van der Waals surface area contributed by atoms with Gasteiger partial charge < -0.3 is 4.74 Å². The highest BCUT2D eigenvalue weighted by Gasteiger charge is 2.14. The fraction of sp³-hybridized carbons (Fsp3) is 0.167. The van der Waals surface area contributed by atoms with E-state index in [0.717, 1.165) is 0 Å². The molecule has 5 nitrogen and oxygen atoms in total. The summed E-state index contributed by atoms with van der Waals surface area (Å²) in [5, 5.41) is 1.21. The van der Waals surface area contributed by atoms with E-state index in [1.807, 2.05) is 6.07 Å². The van der Waals surface area contributed by atoms with E-state index in [9.17, 15) is 9.59 Å². The lowest BCUT2D eigenvalue weighted by Gasteiger charge is -2.09. The molecular formula is C18H13Cl3N2O3. The fourth-order valence-electron chi connectivity index (χ4n) is 2.45. The van der Waals surface area contributed by atoms with Crippen molar-refractivity contribution in [3.8, 4) is 5.75 Å². The molecule has 0 saturated carbocycles. The van der Waals surface area contributed by atoms with Crippen LogP contribution in [0.15, 0.2) is 47.5 Å². The molecule has 0 aliphatic rings. The van der Waals surface area contributed by atoms with Gasteiger partial charge in [-0.15, -0.1) is 0 Å². The number of hydrogen-bond donors (Lipinski definition) is 0. The SMILES string of the molecule is O=C(CCCn1cnc2ccccc2c1=O)Oc1c(Cl)cc(Cl)cc1Cl. The Labute approximate surface area is 164 Å². The minimum Gasteiger partial charge on any atom is -0.423 e. The number of para-hydroxylation sites is 1. The molecule has 0 fully saturated rings. The standard InChI is InChI=1S/C18H13Cl3N2O3/c19-11-8-13(20)17(14(21)9-11)26-16(24)6-3-7-23-10-22-15-5-2-1-4-12(15)18(23)25/h1-2,4-5,8-10H,3,6-7H2. The van der Waals surface area contributed by atoms with E-state index in [-0.39, 0.29) is 27.8 Å². The van der Waals surface area contributed by atoms with Gasteiger partial charge in [-0.1, -0.05) is 46.9 Å². The van der Waals surface area contributed by atoms with Gasteiger partial charge in [0.15, 0.2) is 5.75 Å². The Morgan fingerprint density at radius 3 is 2.54 bits per heavy atom. The van der Waals surface area contributed by atoms with Gasteiger partial charge >= 0.3 is 5.97 Å². The van der Waals surface area contributed by atoms with E-state index < -0.39 is 5.97 Å². The number of fused-ring (bicyclic) bond motifs is 1. The summed E-state index contributed by atoms with van der Waals surface area (Å²) in [5.41, 5.74) is 0.493. The number of aryl methyl sites for hydroxylation is 1. The fourth-order valence-corrected chi connectivity index (χ4v) is 3.34. The molecule has 2 aromatic carbocycles. The highest BCUT2D eigenvalue weighted by molar-refractivity contribution is 6.40. The molecule has 8 heteroatoms. The van der Waals surface area contributed by atoms with Gasteiger partial charge in [-0.05, 0) is 30.7 Å². The molecule has 0 N–H and O–H groups in total. The van der Waals surface area contributed by atoms with Crippen molar-refractivity contribution in [3.05, 3.63) is 68.1 Å². The van der Waals surface area contributed by atoms with Crippen molar-refractivity contribution in [2.24, 2.45) is 0 Å². The molecule has 3 rings (SSSR count). The van der Waals surface area contributed by atoms with Crippen LogP contribution < -0.4 is 10.3 Å². The highest BCUT2D eigenvalue weighted by atomic mass is 35.5. The predicted octanol–water partition coefficient (Wildman–Crippen LogP) is 4.74. The molecule has 0 aliphatic carbocycles. The number of hydrogen-bond acceptors (Lipinski definition) is 4. The van der Waals surface area contributed by atoms with Crippen molar-refractivity contribution in [1.29, 1.82) is 0 Å². The van der Waals surface area contributed by atoms with Crippen LogP contribution in [-0.2, 0) is 11.3 Å². The lowest BCUT2D eigenvalue weighted by Crippen LogP contribution is -2.21. The molecule has 134 valence electrons. The molecular weight excluding hydrogens is 399 g/mol. The first-order valence-corrected chi connectivity index (χ1v) is 8.88. The van der Waals surface area contributed by atoms with Crippen molar-refractivity contribution in [3.63, 3.8) is 0 Å². The van der Waals surface area contributed by atoms with Gasteiger partial charge in [-0.3, -0.25) is 14.2 Å². The number of nitrogens with zero attached hydrogens (tertiary/aromatic N) is 2. The Balaban J connectivity index is 1.63. The van der Waals surface area contributed by atoms with E-state index in [1.54, 1.807) is 18.2 Å². The summed E-state index contributed by atoms with van der Waals surface area (Å²) in [4.78, 5) is 28.6. The van der Waals surface area contributed by atoms with Crippen LogP contribution in [0.2, 0.25) is 15.1 Å². The molecule has 0 saturated heterocycles. The Hall–Kier alpha value is -2.08. The maximum absolute atomic E-state index is 12.4. The second-order valence-electron chi connectivity index (χ2n) is 5.54. The Bertz CT molecular complexity index is 1010. The molecule has 1 heterocycles. The zero-order chi connectivity index (χ0) is 18.7. The van der Waals surface area contributed by atoms with Gasteiger partial charge in [0.05, 0.1) is 27.3 Å². The van der Waals surface area contributed by atoms with Crippen molar-refractivity contribution < 1.29 is 9.53 Å². The van der Waals surface area contributed by atoms with E-state index in [4.69, 9.17) is 39.5 Å². The first-order chi connectivity index (χ1) is 12.5. The van der Waals surface area contributed by atoms with Gasteiger partial charge in [0.2, 0.25) is 0 Å². The van der Waals surface area contributed by atoms with Crippen LogP contribution in [0.3, 0.4) is 0 Å². The number of benzene rings is 2. The monoisotopic (exact) mass is 410 g/mol. The lowest BCUT2D eigenvalue weighted by molar-refractivity contribution is -0.134. The topological polar surface area (TPSA) is 61.2 Å². The number of halogens is 3. The van der Waals surface area contributed by atoms with Crippen molar-refractivity contribution in [2.75, 3.05) is 0 Å². The van der Waals surface area contributed by atoms with E-state index in [1.165, 1.54) is 23.0 Å². The quantitative estimate of drug-likeness (QED) is 0.449. The van der Waals surface area contributed by atoms with Gasteiger partial charge in [-0.25, -0.2) is 4.98 Å². The van der Waals surface area contributed by atoms with Crippen molar-refractivity contribution >= 4 is 51.7 Å². The van der Waals surface area contributed by atoms with Crippen molar-refractivity contribution in [1.82, 2.24) is 9.55 Å². The molecule has 0 unspecified atom stereocenters. The molecule has 26 heavy (non-hydrogen) atoms. The number of carbonyl (C=O) groups is 1. The molecule has 0 bridgehead atoms. The number of esters is 1. The molecule has 0 amide bonds. The van der Waals surface area contributed by atoms with Crippen LogP contribution in [-0.4, -0.2) is 15.5 Å². The summed E-state index contributed by atoms with van der Waals surface area (Å²) in [6.07, 6.45) is 1.97.